The van der Waals surface area contributed by atoms with E-state index in [1.54, 1.807) is 12.1 Å². The molecule has 1 saturated heterocycles. The number of anilines is 3. The molecule has 316 valence electrons. The molecule has 3 aromatic rings. The van der Waals surface area contributed by atoms with Gasteiger partial charge in [-0.15, -0.1) is 0 Å². The molecule has 1 aliphatic carbocycles. The van der Waals surface area contributed by atoms with Crippen LogP contribution in [0.2, 0.25) is 0 Å². The minimum Gasteiger partial charge on any atom is -0.458 e. The molecule has 6 rings (SSSR count). The highest BCUT2D eigenvalue weighted by Gasteiger charge is 2.59. The average molecular weight is 816 g/mol. The molecular formula is C47H57N7O6. The lowest BCUT2D eigenvalue weighted by molar-refractivity contribution is -0.168. The van der Waals surface area contributed by atoms with Crippen LogP contribution in [0.3, 0.4) is 0 Å². The largest absolute Gasteiger partial charge is 0.458 e. The summed E-state index contributed by atoms with van der Waals surface area (Å²) in [5.74, 6) is -3.39. The van der Waals surface area contributed by atoms with Gasteiger partial charge in [-0.05, 0) is 79.7 Å². The van der Waals surface area contributed by atoms with E-state index in [4.69, 9.17) is 21.0 Å². The predicted octanol–water partition coefficient (Wildman–Crippen LogP) is 7.95. The number of benzene rings is 2. The first kappa shape index (κ1) is 43.6. The zero-order valence-corrected chi connectivity index (χ0v) is 35.7. The van der Waals surface area contributed by atoms with E-state index in [0.717, 1.165) is 36.9 Å². The summed E-state index contributed by atoms with van der Waals surface area (Å²) in [7, 11) is 0. The Kier molecular flexibility index (Phi) is 13.8. The van der Waals surface area contributed by atoms with Crippen LogP contribution in [0.25, 0.3) is 16.0 Å². The lowest BCUT2D eigenvalue weighted by Gasteiger charge is -2.47. The summed E-state index contributed by atoms with van der Waals surface area (Å²) in [6, 6.07) is 18.2. The minimum atomic E-state index is -2.03. The van der Waals surface area contributed by atoms with E-state index in [9.17, 15) is 19.6 Å². The minimum absolute atomic E-state index is 0.0127. The number of aryl methyl sites for hydroxylation is 1. The Morgan fingerprint density at radius 3 is 2.48 bits per heavy atom. The van der Waals surface area contributed by atoms with Gasteiger partial charge in [0.2, 0.25) is 12.5 Å². The number of hydrogen-bond donors (Lipinski definition) is 1. The third kappa shape index (κ3) is 8.67. The molecule has 2 fully saturated rings. The molecule has 3 aliphatic rings. The second-order valence-electron chi connectivity index (χ2n) is 16.6. The van der Waals surface area contributed by atoms with Crippen LogP contribution in [0.1, 0.15) is 103 Å². The van der Waals surface area contributed by atoms with E-state index in [1.807, 2.05) is 60.0 Å². The van der Waals surface area contributed by atoms with E-state index >= 15 is 4.79 Å². The number of nitrogens with zero attached hydrogens (tertiary/aromatic N) is 6. The highest BCUT2D eigenvalue weighted by Crippen LogP contribution is 2.52. The third-order valence-corrected chi connectivity index (χ3v) is 12.2. The van der Waals surface area contributed by atoms with Crippen molar-refractivity contribution in [3.05, 3.63) is 93.3 Å². The van der Waals surface area contributed by atoms with Crippen molar-refractivity contribution in [3.8, 4) is 6.07 Å². The molecule has 60 heavy (non-hydrogen) atoms. The Bertz CT molecular complexity index is 2230. The van der Waals surface area contributed by atoms with Crippen molar-refractivity contribution in [2.45, 2.75) is 105 Å². The van der Waals surface area contributed by atoms with Crippen LogP contribution >= 0.6 is 0 Å². The zero-order chi connectivity index (χ0) is 43.1. The number of nitriles is 1. The average Bonchev–Trinajstić information content (AvgIpc) is 3.50. The number of carbonyl (C=O) groups excluding carboxylic acids is 3. The first-order chi connectivity index (χ1) is 28.9. The molecule has 1 amide bonds. The summed E-state index contributed by atoms with van der Waals surface area (Å²) in [6.45, 7) is 20.9. The van der Waals surface area contributed by atoms with Crippen molar-refractivity contribution in [1.29, 1.82) is 5.26 Å². The van der Waals surface area contributed by atoms with E-state index < -0.39 is 29.5 Å². The molecule has 13 heteroatoms. The fourth-order valence-electron chi connectivity index (χ4n) is 9.45. The highest BCUT2D eigenvalue weighted by atomic mass is 16.6. The van der Waals surface area contributed by atoms with Gasteiger partial charge in [-0.2, -0.15) is 5.26 Å². The lowest BCUT2D eigenvalue weighted by atomic mass is 9.75. The Labute approximate surface area is 353 Å². The standard InChI is InChI=1S/C47H57N7O6/c1-8-10-15-34(9-2)45(57)51-38-29-39(55)54-44(50-38)41(46(58)59-43-32(5)26-30(3)27-33(43)6)42(35-16-12-11-13-17-35)47(54)53(24-20-40(56)60-47)37-19-18-36(28-31(37)4)52(23-14-21-48)25-22-49-7/h11-13,16-19,28-30,32-34,43H,8-10,14-15,20,22-27H2,1-6H3,(H,51,57). The molecule has 1 aromatic heterocycles. The number of amides is 1. The number of unbranched alkanes of at least 4 members (excludes halogenated alkanes) is 1. The lowest BCUT2D eigenvalue weighted by Crippen LogP contribution is -2.60. The zero-order valence-electron chi connectivity index (χ0n) is 35.7. The van der Waals surface area contributed by atoms with Crippen LogP contribution in [0, 0.1) is 48.5 Å². The van der Waals surface area contributed by atoms with E-state index in [1.165, 1.54) is 10.6 Å². The number of ether oxygens (including phenoxy) is 2. The molecule has 2 aliphatic heterocycles. The summed E-state index contributed by atoms with van der Waals surface area (Å²) in [5, 5.41) is 12.2. The Morgan fingerprint density at radius 1 is 1.10 bits per heavy atom. The van der Waals surface area contributed by atoms with Crippen molar-refractivity contribution in [1.82, 2.24) is 9.55 Å². The maximum Gasteiger partial charge on any atom is 0.342 e. The molecule has 3 heterocycles. The molecule has 13 nitrogen and oxygen atoms in total. The van der Waals surface area contributed by atoms with Gasteiger partial charge in [0.25, 0.3) is 5.56 Å². The fraction of sp³-hybridized carbons (Fsp3) is 0.511. The number of fused-ring (bicyclic) bond motifs is 2. The van der Waals surface area contributed by atoms with E-state index in [2.05, 4.69) is 43.9 Å². The van der Waals surface area contributed by atoms with Crippen LogP contribution in [0.4, 0.5) is 17.2 Å². The van der Waals surface area contributed by atoms with Gasteiger partial charge in [0.1, 0.15) is 17.5 Å². The van der Waals surface area contributed by atoms with Crippen molar-refractivity contribution >= 4 is 46.2 Å². The number of esters is 2. The monoisotopic (exact) mass is 815 g/mol. The summed E-state index contributed by atoms with van der Waals surface area (Å²) < 4.78 is 14.3. The summed E-state index contributed by atoms with van der Waals surface area (Å²) >= 11 is 0. The molecule has 4 unspecified atom stereocenters. The maximum absolute atomic E-state index is 15.1. The van der Waals surface area contributed by atoms with E-state index in [-0.39, 0.29) is 72.4 Å². The number of carbonyl (C=O) groups is 3. The van der Waals surface area contributed by atoms with Crippen LogP contribution in [0.15, 0.2) is 59.4 Å². The molecule has 1 saturated carbocycles. The SMILES string of the molecule is [C-]#[N+]CCN(CCC#N)c1ccc(N2CCC(=O)OC23C(c2ccccc2)=C(C(=O)OC2C(C)CC(C)CC2C)c2nc(NC(=O)C(CC)CCCC)cc(=O)n23)c(C)c1. The molecule has 1 spiro atoms. The van der Waals surface area contributed by atoms with Gasteiger partial charge in [-0.3, -0.25) is 14.4 Å². The topological polar surface area (TPSA) is 151 Å². The maximum atomic E-state index is 15.1. The first-order valence-electron chi connectivity index (χ1n) is 21.4. The van der Waals surface area contributed by atoms with Crippen molar-refractivity contribution < 1.29 is 23.9 Å². The summed E-state index contributed by atoms with van der Waals surface area (Å²) in [5.41, 5.74) is 2.27. The molecule has 1 N–H and O–H groups in total. The predicted molar refractivity (Wildman–Crippen MR) is 231 cm³/mol. The van der Waals surface area contributed by atoms with Gasteiger partial charge in [0.15, 0.2) is 5.82 Å². The van der Waals surface area contributed by atoms with Crippen LogP contribution in [-0.2, 0) is 29.7 Å². The Morgan fingerprint density at radius 2 is 1.83 bits per heavy atom. The first-order valence-corrected chi connectivity index (χ1v) is 21.4. The van der Waals surface area contributed by atoms with Crippen LogP contribution < -0.4 is 20.7 Å². The smallest absolute Gasteiger partial charge is 0.342 e. The molecule has 2 aromatic carbocycles. The van der Waals surface area contributed by atoms with Gasteiger partial charge < -0.3 is 29.4 Å². The Balaban J connectivity index is 1.59. The molecule has 0 bridgehead atoms. The van der Waals surface area contributed by atoms with Gasteiger partial charge in [-0.25, -0.2) is 20.9 Å². The number of hydrogen-bond acceptors (Lipinski definition) is 10. The van der Waals surface area contributed by atoms with Crippen molar-refractivity contribution in [2.75, 3.05) is 41.3 Å². The molecule has 4 atom stereocenters. The van der Waals surface area contributed by atoms with Gasteiger partial charge in [-0.1, -0.05) is 77.8 Å². The normalized spacial score (nSPS) is 22.7. The number of rotatable bonds is 15. The fourth-order valence-corrected chi connectivity index (χ4v) is 9.45. The second-order valence-corrected chi connectivity index (χ2v) is 16.6. The molecule has 0 radical (unpaired) electrons. The van der Waals surface area contributed by atoms with Gasteiger partial charge in [0, 0.05) is 36.4 Å². The van der Waals surface area contributed by atoms with Crippen molar-refractivity contribution in [3.63, 3.8) is 0 Å². The third-order valence-electron chi connectivity index (χ3n) is 12.2. The quantitative estimate of drug-likeness (QED) is 0.118. The van der Waals surface area contributed by atoms with Crippen LogP contribution in [-0.4, -0.2) is 59.7 Å². The van der Waals surface area contributed by atoms with Gasteiger partial charge in [0.05, 0.1) is 31.0 Å². The molecular weight excluding hydrogens is 759 g/mol. The summed E-state index contributed by atoms with van der Waals surface area (Å²) in [4.78, 5) is 69.7. The van der Waals surface area contributed by atoms with Crippen molar-refractivity contribution in [2.24, 2.45) is 23.7 Å². The number of aromatic nitrogens is 2. The Hall–Kier alpha value is -5.95. The number of nitrogens with one attached hydrogen (secondary N) is 1. The highest BCUT2D eigenvalue weighted by molar-refractivity contribution is 6.26. The van der Waals surface area contributed by atoms with Gasteiger partial charge >= 0.3 is 17.8 Å². The summed E-state index contributed by atoms with van der Waals surface area (Å²) in [6.07, 6.45) is 4.67. The second kappa shape index (κ2) is 19.0. The van der Waals surface area contributed by atoms with Crippen LogP contribution in [0.5, 0.6) is 0 Å². The van der Waals surface area contributed by atoms with E-state index in [0.29, 0.717) is 43.1 Å².